The molecule has 0 fully saturated rings. The van der Waals surface area contributed by atoms with Gasteiger partial charge in [-0.3, -0.25) is 4.79 Å². The Bertz CT molecular complexity index is 522. The summed E-state index contributed by atoms with van der Waals surface area (Å²) >= 11 is 0. The number of rotatable bonds is 6. The topological polar surface area (TPSA) is 81.1 Å². The van der Waals surface area contributed by atoms with E-state index in [1.807, 2.05) is 6.92 Å². The van der Waals surface area contributed by atoms with Crippen LogP contribution in [0.5, 0.6) is 0 Å². The zero-order valence-electron chi connectivity index (χ0n) is 10.0. The number of anilines is 1. The van der Waals surface area contributed by atoms with Crippen molar-refractivity contribution in [3.8, 4) is 0 Å². The fraction of sp³-hybridized carbons (Fsp3) is 0.600. The monoisotopic (exact) mass is 259 g/mol. The molecule has 0 aromatic carbocycles. The van der Waals surface area contributed by atoms with Gasteiger partial charge in [0.15, 0.2) is 0 Å². The minimum atomic E-state index is -3.08. The smallest absolute Gasteiger partial charge is 0.268 e. The molecule has 0 aliphatic carbocycles. The van der Waals surface area contributed by atoms with E-state index in [0.717, 1.165) is 23.9 Å². The first-order valence-corrected chi connectivity index (χ1v) is 7.47. The van der Waals surface area contributed by atoms with Gasteiger partial charge in [0.05, 0.1) is 24.2 Å². The molecule has 1 N–H and O–H groups in total. The van der Waals surface area contributed by atoms with Crippen LogP contribution in [0.3, 0.4) is 0 Å². The number of nitrogens with zero attached hydrogens (tertiary/aromatic N) is 2. The summed E-state index contributed by atoms with van der Waals surface area (Å²) in [5.74, 6) is -0.0817. The highest BCUT2D eigenvalue weighted by Crippen LogP contribution is 1.99. The maximum Gasteiger partial charge on any atom is 0.268 e. The van der Waals surface area contributed by atoms with E-state index in [-0.39, 0.29) is 17.9 Å². The van der Waals surface area contributed by atoms with Gasteiger partial charge in [-0.1, -0.05) is 6.92 Å². The van der Waals surface area contributed by atoms with Crippen molar-refractivity contribution in [3.63, 3.8) is 0 Å². The van der Waals surface area contributed by atoms with Crippen LogP contribution < -0.4 is 10.9 Å². The molecule has 96 valence electrons. The Labute approximate surface area is 101 Å². The first-order chi connectivity index (χ1) is 7.92. The number of aryl methyl sites for hydroxylation is 1. The fourth-order valence-electron chi connectivity index (χ4n) is 1.22. The van der Waals surface area contributed by atoms with Gasteiger partial charge in [-0.2, -0.15) is 5.10 Å². The third-order valence-electron chi connectivity index (χ3n) is 2.12. The predicted molar refractivity (Wildman–Crippen MR) is 67.0 cm³/mol. The first-order valence-electron chi connectivity index (χ1n) is 5.41. The van der Waals surface area contributed by atoms with Crippen LogP contribution >= 0.6 is 0 Å². The standard InChI is InChI=1S/C10H17N3O3S/c1-3-4-11-9-7-10(14)13(12-8-9)5-6-17(2,15)16/h7-8,11H,3-6H2,1-2H3. The Balaban J connectivity index is 2.73. The average molecular weight is 259 g/mol. The van der Waals surface area contributed by atoms with Crippen LogP contribution in [0.2, 0.25) is 0 Å². The molecule has 0 saturated heterocycles. The molecule has 0 spiro atoms. The quantitative estimate of drug-likeness (QED) is 0.784. The SMILES string of the molecule is CCCNc1cnn(CCS(C)(=O)=O)c(=O)c1. The van der Waals surface area contributed by atoms with Crippen molar-refractivity contribution >= 4 is 15.5 Å². The van der Waals surface area contributed by atoms with Crippen molar-refractivity contribution in [1.82, 2.24) is 9.78 Å². The first kappa shape index (κ1) is 13.7. The van der Waals surface area contributed by atoms with Crippen LogP contribution in [0, 0.1) is 0 Å². The largest absolute Gasteiger partial charge is 0.384 e. The van der Waals surface area contributed by atoms with E-state index in [1.54, 1.807) is 0 Å². The highest BCUT2D eigenvalue weighted by Gasteiger charge is 2.05. The van der Waals surface area contributed by atoms with E-state index >= 15 is 0 Å². The molecule has 17 heavy (non-hydrogen) atoms. The molecule has 0 radical (unpaired) electrons. The van der Waals surface area contributed by atoms with E-state index in [2.05, 4.69) is 10.4 Å². The Morgan fingerprint density at radius 1 is 1.47 bits per heavy atom. The van der Waals surface area contributed by atoms with Crippen molar-refractivity contribution in [2.24, 2.45) is 0 Å². The summed E-state index contributed by atoms with van der Waals surface area (Å²) in [6.07, 6.45) is 3.62. The number of hydrogen-bond donors (Lipinski definition) is 1. The lowest BCUT2D eigenvalue weighted by atomic mass is 10.4. The second-order valence-electron chi connectivity index (χ2n) is 3.86. The Morgan fingerprint density at radius 2 is 2.18 bits per heavy atom. The minimum absolute atomic E-state index is 0.0817. The second kappa shape index (κ2) is 5.81. The predicted octanol–water partition coefficient (Wildman–Crippen LogP) is 0.110. The van der Waals surface area contributed by atoms with Crippen molar-refractivity contribution < 1.29 is 8.42 Å². The van der Waals surface area contributed by atoms with Gasteiger partial charge in [0.1, 0.15) is 9.84 Å². The van der Waals surface area contributed by atoms with Gasteiger partial charge in [-0.05, 0) is 6.42 Å². The molecule has 7 heteroatoms. The van der Waals surface area contributed by atoms with Gasteiger partial charge in [0.2, 0.25) is 0 Å². The highest BCUT2D eigenvalue weighted by molar-refractivity contribution is 7.90. The third kappa shape index (κ3) is 4.99. The van der Waals surface area contributed by atoms with Crippen molar-refractivity contribution in [2.45, 2.75) is 19.9 Å². The molecule has 6 nitrogen and oxygen atoms in total. The Hall–Kier alpha value is -1.37. The van der Waals surface area contributed by atoms with Gasteiger partial charge in [-0.15, -0.1) is 0 Å². The molecular weight excluding hydrogens is 242 g/mol. The van der Waals surface area contributed by atoms with E-state index in [1.165, 1.54) is 12.3 Å². The molecule has 0 saturated carbocycles. The molecule has 0 aliphatic heterocycles. The lowest BCUT2D eigenvalue weighted by Gasteiger charge is -2.06. The average Bonchev–Trinajstić information content (AvgIpc) is 2.23. The zero-order chi connectivity index (χ0) is 12.9. The lowest BCUT2D eigenvalue weighted by molar-refractivity contribution is 0.575. The Morgan fingerprint density at radius 3 is 2.71 bits per heavy atom. The molecule has 0 atom stereocenters. The molecule has 1 rings (SSSR count). The van der Waals surface area contributed by atoms with Crippen molar-refractivity contribution in [2.75, 3.05) is 23.9 Å². The summed E-state index contributed by atoms with van der Waals surface area (Å²) in [6, 6.07) is 1.42. The highest BCUT2D eigenvalue weighted by atomic mass is 32.2. The van der Waals surface area contributed by atoms with Gasteiger partial charge in [-0.25, -0.2) is 13.1 Å². The number of nitrogens with one attached hydrogen (secondary N) is 1. The van der Waals surface area contributed by atoms with Crippen molar-refractivity contribution in [3.05, 3.63) is 22.6 Å². The molecule has 1 aromatic rings. The number of hydrogen-bond acceptors (Lipinski definition) is 5. The molecule has 0 aliphatic rings. The molecule has 1 aromatic heterocycles. The molecule has 0 unspecified atom stereocenters. The maximum atomic E-state index is 11.6. The summed E-state index contributed by atoms with van der Waals surface area (Å²) in [5.41, 5.74) is 0.363. The van der Waals surface area contributed by atoms with Crippen LogP contribution in [0.15, 0.2) is 17.1 Å². The summed E-state index contributed by atoms with van der Waals surface area (Å²) in [5, 5.41) is 6.95. The van der Waals surface area contributed by atoms with Crippen LogP contribution in [-0.4, -0.2) is 36.8 Å². The molecular formula is C10H17N3O3S. The zero-order valence-corrected chi connectivity index (χ0v) is 10.8. The van der Waals surface area contributed by atoms with E-state index in [4.69, 9.17) is 0 Å². The Kier molecular flexibility index (Phi) is 4.68. The summed E-state index contributed by atoms with van der Waals surface area (Å²) in [6.45, 7) is 2.88. The van der Waals surface area contributed by atoms with Gasteiger partial charge in [0.25, 0.3) is 5.56 Å². The van der Waals surface area contributed by atoms with E-state index < -0.39 is 9.84 Å². The maximum absolute atomic E-state index is 11.6. The van der Waals surface area contributed by atoms with Crippen LogP contribution in [0.4, 0.5) is 5.69 Å². The van der Waals surface area contributed by atoms with Gasteiger partial charge in [0, 0.05) is 18.9 Å². The van der Waals surface area contributed by atoms with Gasteiger partial charge < -0.3 is 5.32 Å². The van der Waals surface area contributed by atoms with Crippen LogP contribution in [0.25, 0.3) is 0 Å². The normalized spacial score (nSPS) is 11.4. The fourth-order valence-corrected chi connectivity index (χ4v) is 1.72. The molecule has 1 heterocycles. The van der Waals surface area contributed by atoms with E-state index in [9.17, 15) is 13.2 Å². The second-order valence-corrected chi connectivity index (χ2v) is 6.12. The minimum Gasteiger partial charge on any atom is -0.384 e. The summed E-state index contributed by atoms with van der Waals surface area (Å²) in [4.78, 5) is 11.6. The van der Waals surface area contributed by atoms with Crippen molar-refractivity contribution in [1.29, 1.82) is 0 Å². The van der Waals surface area contributed by atoms with Crippen LogP contribution in [-0.2, 0) is 16.4 Å². The number of sulfone groups is 1. The summed E-state index contributed by atoms with van der Waals surface area (Å²) in [7, 11) is -3.08. The van der Waals surface area contributed by atoms with Gasteiger partial charge >= 0.3 is 0 Å². The molecule has 0 bridgehead atoms. The lowest BCUT2D eigenvalue weighted by Crippen LogP contribution is -2.26. The number of aromatic nitrogens is 2. The molecule has 0 amide bonds. The third-order valence-corrected chi connectivity index (χ3v) is 3.05. The summed E-state index contributed by atoms with van der Waals surface area (Å²) < 4.78 is 23.1. The van der Waals surface area contributed by atoms with Crippen LogP contribution in [0.1, 0.15) is 13.3 Å². The van der Waals surface area contributed by atoms with E-state index in [0.29, 0.717) is 5.69 Å².